The molecule has 4 aromatic carbocycles. The molecule has 3 atom stereocenters. The summed E-state index contributed by atoms with van der Waals surface area (Å²) in [6.07, 6.45) is 0.494. The van der Waals surface area contributed by atoms with Crippen LogP contribution in [0.2, 0.25) is 0 Å². The molecule has 7 heteroatoms. The monoisotopic (exact) mass is 610 g/mol. The highest BCUT2D eigenvalue weighted by Gasteiger charge is 2.64. The van der Waals surface area contributed by atoms with Crippen molar-refractivity contribution in [2.75, 3.05) is 23.5 Å². The maximum atomic E-state index is 14.3. The van der Waals surface area contributed by atoms with E-state index in [0.717, 1.165) is 32.5 Å². The van der Waals surface area contributed by atoms with Crippen LogP contribution >= 0.6 is 15.9 Å². The van der Waals surface area contributed by atoms with E-state index >= 15 is 0 Å². The molecule has 0 aliphatic carbocycles. The van der Waals surface area contributed by atoms with Gasteiger partial charge < -0.3 is 19.3 Å². The molecule has 1 saturated heterocycles. The number of anilines is 2. The van der Waals surface area contributed by atoms with Gasteiger partial charge in [0.25, 0.3) is 0 Å². The highest BCUT2D eigenvalue weighted by Crippen LogP contribution is 2.60. The fourth-order valence-electron chi connectivity index (χ4n) is 6.60. The van der Waals surface area contributed by atoms with Crippen LogP contribution in [-0.4, -0.2) is 31.8 Å². The molecule has 2 aliphatic heterocycles. The summed E-state index contributed by atoms with van der Waals surface area (Å²) >= 11 is 3.58. The summed E-state index contributed by atoms with van der Waals surface area (Å²) in [5.74, 6) is -1.01. The van der Waals surface area contributed by atoms with E-state index in [9.17, 15) is 9.59 Å². The minimum absolute atomic E-state index is 0.165. The molecule has 0 N–H and O–H groups in total. The summed E-state index contributed by atoms with van der Waals surface area (Å²) in [4.78, 5) is 31.8. The Balaban J connectivity index is 1.64. The van der Waals surface area contributed by atoms with Crippen LogP contribution in [-0.2, 0) is 26.4 Å². The van der Waals surface area contributed by atoms with Crippen LogP contribution in [0.15, 0.2) is 108 Å². The molecule has 0 radical (unpaired) electrons. The second-order valence-electron chi connectivity index (χ2n) is 10.3. The van der Waals surface area contributed by atoms with E-state index in [1.165, 1.54) is 7.11 Å². The molecule has 2 aliphatic rings. The molecule has 208 valence electrons. The van der Waals surface area contributed by atoms with Gasteiger partial charge in [0.1, 0.15) is 6.17 Å². The summed E-state index contributed by atoms with van der Waals surface area (Å²) in [7, 11) is 1.45. The Labute approximate surface area is 248 Å². The van der Waals surface area contributed by atoms with E-state index < -0.39 is 5.54 Å². The standard InChI is InChI=1S/C34H31BrN2O4/c1-3-41-32(38)24-14-19-30-28(20-24)29-21-31(36(30)22-23-10-6-4-7-11-23)37(27-17-15-26(35)16-18-27)34(29,33(39)40-2)25-12-8-5-9-13-25/h4-20,29,31H,3,21-22H2,1-2H3/t29-,31-,34-/m0/s1. The van der Waals surface area contributed by atoms with E-state index in [0.29, 0.717) is 18.5 Å². The van der Waals surface area contributed by atoms with Crippen molar-refractivity contribution in [3.05, 3.63) is 130 Å². The first kappa shape index (κ1) is 27.1. The molecule has 0 aromatic heterocycles. The maximum Gasteiger partial charge on any atom is 0.338 e. The lowest BCUT2D eigenvalue weighted by atomic mass is 9.73. The van der Waals surface area contributed by atoms with E-state index in [2.05, 4.69) is 37.9 Å². The van der Waals surface area contributed by atoms with Gasteiger partial charge in [-0.1, -0.05) is 76.6 Å². The van der Waals surface area contributed by atoms with Gasteiger partial charge in [0.05, 0.1) is 19.3 Å². The largest absolute Gasteiger partial charge is 0.467 e. The fourth-order valence-corrected chi connectivity index (χ4v) is 6.86. The number of nitrogens with zero attached hydrogens (tertiary/aromatic N) is 2. The molecule has 0 spiro atoms. The molecular formula is C34H31BrN2O4. The van der Waals surface area contributed by atoms with Crippen LogP contribution in [0.4, 0.5) is 11.4 Å². The number of ether oxygens (including phenoxy) is 2. The predicted molar refractivity (Wildman–Crippen MR) is 163 cm³/mol. The summed E-state index contributed by atoms with van der Waals surface area (Å²) in [5, 5.41) is 0. The van der Waals surface area contributed by atoms with E-state index in [1.807, 2.05) is 91.0 Å². The molecule has 6 rings (SSSR count). The van der Waals surface area contributed by atoms with Gasteiger partial charge in [0, 0.05) is 28.3 Å². The third kappa shape index (κ3) is 4.49. The van der Waals surface area contributed by atoms with Crippen molar-refractivity contribution >= 4 is 39.2 Å². The quantitative estimate of drug-likeness (QED) is 0.209. The van der Waals surface area contributed by atoms with Crippen molar-refractivity contribution < 1.29 is 19.1 Å². The van der Waals surface area contributed by atoms with Gasteiger partial charge in [-0.25, -0.2) is 9.59 Å². The van der Waals surface area contributed by atoms with Crippen molar-refractivity contribution in [3.63, 3.8) is 0 Å². The van der Waals surface area contributed by atoms with Crippen molar-refractivity contribution in [3.8, 4) is 0 Å². The van der Waals surface area contributed by atoms with Crippen molar-refractivity contribution in [2.45, 2.75) is 37.5 Å². The van der Waals surface area contributed by atoms with Gasteiger partial charge in [-0.15, -0.1) is 0 Å². The van der Waals surface area contributed by atoms with E-state index in [1.54, 1.807) is 6.92 Å². The third-order valence-corrected chi connectivity index (χ3v) is 8.75. The number of rotatable bonds is 7. The molecule has 2 bridgehead atoms. The highest BCUT2D eigenvalue weighted by atomic mass is 79.9. The highest BCUT2D eigenvalue weighted by molar-refractivity contribution is 9.10. The number of carbonyl (C=O) groups is 2. The van der Waals surface area contributed by atoms with E-state index in [4.69, 9.17) is 9.47 Å². The topological polar surface area (TPSA) is 59.1 Å². The first-order chi connectivity index (χ1) is 20.0. The number of hydrogen-bond acceptors (Lipinski definition) is 6. The number of fused-ring (bicyclic) bond motifs is 5. The first-order valence-electron chi connectivity index (χ1n) is 13.8. The Kier molecular flexibility index (Phi) is 7.30. The van der Waals surface area contributed by atoms with Gasteiger partial charge in [0.15, 0.2) is 5.54 Å². The lowest BCUT2D eigenvalue weighted by Gasteiger charge is -2.44. The van der Waals surface area contributed by atoms with Crippen molar-refractivity contribution in [2.24, 2.45) is 0 Å². The zero-order chi connectivity index (χ0) is 28.6. The van der Waals surface area contributed by atoms with Crippen LogP contribution in [0, 0.1) is 0 Å². The number of halogens is 1. The Bertz CT molecular complexity index is 1560. The average Bonchev–Trinajstić information content (AvgIpc) is 3.33. The smallest absolute Gasteiger partial charge is 0.338 e. The predicted octanol–water partition coefficient (Wildman–Crippen LogP) is 7.03. The number of hydrogen-bond donors (Lipinski definition) is 0. The SMILES string of the molecule is CCOC(=O)c1ccc2c(c1)[C@@H]1C[C@@H](N2Cc2ccccc2)N(c2ccc(Br)cc2)[C@@]1(C(=O)OC)c1ccccc1. The van der Waals surface area contributed by atoms with Crippen LogP contribution in [0.25, 0.3) is 0 Å². The molecule has 1 fully saturated rings. The molecule has 0 unspecified atom stereocenters. The Hall–Kier alpha value is -4.10. The number of methoxy groups -OCH3 is 1. The van der Waals surface area contributed by atoms with Crippen LogP contribution in [0.3, 0.4) is 0 Å². The van der Waals surface area contributed by atoms with Crippen molar-refractivity contribution in [1.82, 2.24) is 0 Å². The molecule has 0 saturated carbocycles. The fraction of sp³-hybridized carbons (Fsp3) is 0.235. The van der Waals surface area contributed by atoms with Crippen molar-refractivity contribution in [1.29, 1.82) is 0 Å². The Morgan fingerprint density at radius 3 is 2.27 bits per heavy atom. The number of benzene rings is 4. The van der Waals surface area contributed by atoms with Gasteiger partial charge in [-0.2, -0.15) is 0 Å². The summed E-state index contributed by atoms with van der Waals surface area (Å²) in [5.41, 5.74) is 4.11. The van der Waals surface area contributed by atoms with Crippen LogP contribution in [0.1, 0.15) is 46.3 Å². The normalized spacial score (nSPS) is 20.9. The van der Waals surface area contributed by atoms with E-state index in [-0.39, 0.29) is 30.6 Å². The number of esters is 2. The molecule has 6 nitrogen and oxygen atoms in total. The summed E-state index contributed by atoms with van der Waals surface area (Å²) in [6, 6.07) is 34.0. The zero-order valence-electron chi connectivity index (χ0n) is 23.0. The number of carbonyl (C=O) groups excluding carboxylic acids is 2. The van der Waals surface area contributed by atoms with Gasteiger partial charge in [0.2, 0.25) is 0 Å². The summed E-state index contributed by atoms with van der Waals surface area (Å²) < 4.78 is 12.0. The molecule has 41 heavy (non-hydrogen) atoms. The molecule has 0 amide bonds. The Morgan fingerprint density at radius 1 is 0.927 bits per heavy atom. The molecule has 2 heterocycles. The summed E-state index contributed by atoms with van der Waals surface area (Å²) in [6.45, 7) is 2.71. The van der Waals surface area contributed by atoms with Crippen LogP contribution in [0.5, 0.6) is 0 Å². The van der Waals surface area contributed by atoms with Crippen LogP contribution < -0.4 is 9.80 Å². The second kappa shape index (κ2) is 11.1. The third-order valence-electron chi connectivity index (χ3n) is 8.22. The Morgan fingerprint density at radius 2 is 1.61 bits per heavy atom. The van der Waals surface area contributed by atoms with Gasteiger partial charge in [-0.05, 0) is 72.5 Å². The minimum Gasteiger partial charge on any atom is -0.467 e. The molecular weight excluding hydrogens is 580 g/mol. The second-order valence-corrected chi connectivity index (χ2v) is 11.3. The van der Waals surface area contributed by atoms with Gasteiger partial charge >= 0.3 is 11.9 Å². The minimum atomic E-state index is -1.18. The van der Waals surface area contributed by atoms with Gasteiger partial charge in [-0.3, -0.25) is 0 Å². The zero-order valence-corrected chi connectivity index (χ0v) is 24.6. The maximum absolute atomic E-state index is 14.3. The lowest BCUT2D eigenvalue weighted by molar-refractivity contribution is -0.148. The molecule has 4 aromatic rings. The first-order valence-corrected chi connectivity index (χ1v) is 14.6. The lowest BCUT2D eigenvalue weighted by Crippen LogP contribution is -2.56. The average molecular weight is 612 g/mol.